The predicted molar refractivity (Wildman–Crippen MR) is 99.9 cm³/mol. The van der Waals surface area contributed by atoms with Gasteiger partial charge in [0.1, 0.15) is 17.5 Å². The lowest BCUT2D eigenvalue weighted by Gasteiger charge is -2.35. The number of rotatable bonds is 3. The number of hydrogen-bond donors (Lipinski definition) is 2. The Bertz CT molecular complexity index is 730. The minimum Gasteiger partial charge on any atom is -0.444 e. The van der Waals surface area contributed by atoms with Gasteiger partial charge in [-0.25, -0.2) is 9.18 Å². The summed E-state index contributed by atoms with van der Waals surface area (Å²) in [4.78, 5) is 37.7. The third kappa shape index (κ3) is 5.94. The van der Waals surface area contributed by atoms with Crippen molar-refractivity contribution in [1.29, 1.82) is 0 Å². The summed E-state index contributed by atoms with van der Waals surface area (Å²) < 4.78 is 19.1. The first-order chi connectivity index (χ1) is 12.6. The Morgan fingerprint density at radius 1 is 1.19 bits per heavy atom. The molecule has 1 saturated heterocycles. The van der Waals surface area contributed by atoms with E-state index in [9.17, 15) is 18.8 Å². The van der Waals surface area contributed by atoms with Crippen LogP contribution in [0.25, 0.3) is 0 Å². The van der Waals surface area contributed by atoms with Crippen molar-refractivity contribution in [2.24, 2.45) is 0 Å². The van der Waals surface area contributed by atoms with Gasteiger partial charge in [-0.1, -0.05) is 0 Å². The number of carbonyl (C=O) groups excluding carboxylic acids is 3. The standard InChI is InChI=1S/C19H26FN3O4/c1-12(24)21-15-11-13(8-9-14(15)20)22-17(25)16-7-5-6-10-23(16)18(26)27-19(2,3)4/h8-9,11,16H,5-7,10H2,1-4H3,(H,21,24)(H,22,25)/t16-/m0/s1. The van der Waals surface area contributed by atoms with Crippen LogP contribution in [0, 0.1) is 5.82 Å². The molecule has 1 fully saturated rings. The minimum absolute atomic E-state index is 0.0204. The van der Waals surface area contributed by atoms with E-state index in [-0.39, 0.29) is 11.6 Å². The highest BCUT2D eigenvalue weighted by Gasteiger charge is 2.34. The van der Waals surface area contributed by atoms with Gasteiger partial charge in [-0.15, -0.1) is 0 Å². The number of carbonyl (C=O) groups is 3. The van der Waals surface area contributed by atoms with Gasteiger partial charge >= 0.3 is 6.09 Å². The Labute approximate surface area is 158 Å². The molecular weight excluding hydrogens is 353 g/mol. The molecule has 8 heteroatoms. The molecule has 1 aliphatic rings. The monoisotopic (exact) mass is 379 g/mol. The molecule has 0 aliphatic carbocycles. The Morgan fingerprint density at radius 2 is 1.89 bits per heavy atom. The minimum atomic E-state index is -0.664. The lowest BCUT2D eigenvalue weighted by molar-refractivity contribution is -0.122. The van der Waals surface area contributed by atoms with E-state index in [2.05, 4.69) is 10.6 Å². The molecular formula is C19H26FN3O4. The zero-order valence-electron chi connectivity index (χ0n) is 16.1. The number of nitrogens with zero attached hydrogens (tertiary/aromatic N) is 1. The van der Waals surface area contributed by atoms with Crippen LogP contribution in [0.15, 0.2) is 18.2 Å². The number of amides is 3. The maximum Gasteiger partial charge on any atom is 0.410 e. The van der Waals surface area contributed by atoms with Crippen LogP contribution in [0.5, 0.6) is 0 Å². The van der Waals surface area contributed by atoms with Crippen LogP contribution in [-0.4, -0.2) is 41.0 Å². The van der Waals surface area contributed by atoms with E-state index in [4.69, 9.17) is 4.74 Å². The normalized spacial score (nSPS) is 17.2. The second-order valence-corrected chi connectivity index (χ2v) is 7.55. The van der Waals surface area contributed by atoms with E-state index >= 15 is 0 Å². The van der Waals surface area contributed by atoms with Crippen molar-refractivity contribution in [2.45, 2.75) is 58.6 Å². The summed E-state index contributed by atoms with van der Waals surface area (Å²) >= 11 is 0. The van der Waals surface area contributed by atoms with Gasteiger partial charge in [0, 0.05) is 19.2 Å². The van der Waals surface area contributed by atoms with Crippen LogP contribution >= 0.6 is 0 Å². The van der Waals surface area contributed by atoms with E-state index in [1.807, 2.05) is 0 Å². The Balaban J connectivity index is 2.13. The topological polar surface area (TPSA) is 87.7 Å². The van der Waals surface area contributed by atoms with Gasteiger partial charge < -0.3 is 15.4 Å². The number of anilines is 2. The average molecular weight is 379 g/mol. The fourth-order valence-corrected chi connectivity index (χ4v) is 2.86. The summed E-state index contributed by atoms with van der Waals surface area (Å²) in [6.07, 6.45) is 1.61. The molecule has 0 aromatic heterocycles. The zero-order chi connectivity index (χ0) is 20.2. The number of nitrogens with one attached hydrogen (secondary N) is 2. The van der Waals surface area contributed by atoms with Crippen LogP contribution in [-0.2, 0) is 14.3 Å². The van der Waals surface area contributed by atoms with Crippen LogP contribution in [0.1, 0.15) is 47.0 Å². The quantitative estimate of drug-likeness (QED) is 0.841. The van der Waals surface area contributed by atoms with Gasteiger partial charge in [-0.2, -0.15) is 0 Å². The van der Waals surface area contributed by atoms with Crippen molar-refractivity contribution >= 4 is 29.3 Å². The van der Waals surface area contributed by atoms with E-state index in [0.29, 0.717) is 18.7 Å². The lowest BCUT2D eigenvalue weighted by Crippen LogP contribution is -2.51. The molecule has 1 aromatic rings. The smallest absolute Gasteiger partial charge is 0.410 e. The molecule has 1 aromatic carbocycles. The number of benzene rings is 1. The maximum atomic E-state index is 13.8. The summed E-state index contributed by atoms with van der Waals surface area (Å²) in [5.41, 5.74) is -0.340. The predicted octanol–water partition coefficient (Wildman–Crippen LogP) is 3.51. The number of halogens is 1. The van der Waals surface area contributed by atoms with Crippen LogP contribution in [0.3, 0.4) is 0 Å². The first-order valence-corrected chi connectivity index (χ1v) is 8.94. The summed E-state index contributed by atoms with van der Waals surface area (Å²) in [5.74, 6) is -1.39. The second-order valence-electron chi connectivity index (χ2n) is 7.55. The van der Waals surface area contributed by atoms with Gasteiger partial charge in [0.25, 0.3) is 0 Å². The summed E-state index contributed by atoms with van der Waals surface area (Å²) in [7, 11) is 0. The van der Waals surface area contributed by atoms with E-state index in [1.165, 1.54) is 24.0 Å². The molecule has 0 radical (unpaired) electrons. The summed E-state index contributed by atoms with van der Waals surface area (Å²) in [5, 5.41) is 5.06. The molecule has 1 atom stereocenters. The molecule has 3 amide bonds. The van der Waals surface area contributed by atoms with Gasteiger partial charge in [0.05, 0.1) is 5.69 Å². The highest BCUT2D eigenvalue weighted by Crippen LogP contribution is 2.24. The Morgan fingerprint density at radius 3 is 2.52 bits per heavy atom. The summed E-state index contributed by atoms with van der Waals surface area (Å²) in [6, 6.07) is 3.24. The molecule has 0 bridgehead atoms. The molecule has 2 N–H and O–H groups in total. The van der Waals surface area contributed by atoms with Crippen molar-refractivity contribution in [1.82, 2.24) is 4.90 Å². The average Bonchev–Trinajstić information content (AvgIpc) is 2.56. The van der Waals surface area contributed by atoms with E-state index in [0.717, 1.165) is 18.9 Å². The highest BCUT2D eigenvalue weighted by molar-refractivity contribution is 5.97. The van der Waals surface area contributed by atoms with Crippen molar-refractivity contribution in [3.8, 4) is 0 Å². The SMILES string of the molecule is CC(=O)Nc1cc(NC(=O)[C@@H]2CCCCN2C(=O)OC(C)(C)C)ccc1F. The number of piperidine rings is 1. The van der Waals surface area contributed by atoms with Gasteiger partial charge in [-0.05, 0) is 58.2 Å². The molecule has 27 heavy (non-hydrogen) atoms. The third-order valence-corrected chi connectivity index (χ3v) is 3.98. The van der Waals surface area contributed by atoms with Gasteiger partial charge in [0.15, 0.2) is 0 Å². The molecule has 1 aliphatic heterocycles. The first kappa shape index (κ1) is 20.7. The van der Waals surface area contributed by atoms with Crippen molar-refractivity contribution in [2.75, 3.05) is 17.2 Å². The molecule has 2 rings (SSSR count). The van der Waals surface area contributed by atoms with Crippen molar-refractivity contribution < 1.29 is 23.5 Å². The van der Waals surface area contributed by atoms with Crippen LogP contribution < -0.4 is 10.6 Å². The zero-order valence-corrected chi connectivity index (χ0v) is 16.1. The number of ether oxygens (including phenoxy) is 1. The fourth-order valence-electron chi connectivity index (χ4n) is 2.86. The second kappa shape index (κ2) is 8.37. The molecule has 1 heterocycles. The Kier molecular flexibility index (Phi) is 6.41. The largest absolute Gasteiger partial charge is 0.444 e. The van der Waals surface area contributed by atoms with Gasteiger partial charge in [-0.3, -0.25) is 14.5 Å². The Hall–Kier alpha value is -2.64. The molecule has 0 unspecified atom stereocenters. The number of hydrogen-bond acceptors (Lipinski definition) is 4. The van der Waals surface area contributed by atoms with Crippen LogP contribution in [0.2, 0.25) is 0 Å². The van der Waals surface area contributed by atoms with Crippen molar-refractivity contribution in [3.63, 3.8) is 0 Å². The highest BCUT2D eigenvalue weighted by atomic mass is 19.1. The lowest BCUT2D eigenvalue weighted by atomic mass is 10.0. The van der Waals surface area contributed by atoms with E-state index in [1.54, 1.807) is 20.8 Å². The first-order valence-electron chi connectivity index (χ1n) is 8.94. The summed E-state index contributed by atoms with van der Waals surface area (Å²) in [6.45, 7) is 7.02. The molecule has 7 nitrogen and oxygen atoms in total. The van der Waals surface area contributed by atoms with E-state index < -0.39 is 29.5 Å². The number of likely N-dealkylation sites (tertiary alicyclic amines) is 1. The third-order valence-electron chi connectivity index (χ3n) is 3.98. The van der Waals surface area contributed by atoms with Gasteiger partial charge in [0.2, 0.25) is 11.8 Å². The molecule has 0 spiro atoms. The fraction of sp³-hybridized carbons (Fsp3) is 0.526. The van der Waals surface area contributed by atoms with Crippen molar-refractivity contribution in [3.05, 3.63) is 24.0 Å². The molecule has 0 saturated carbocycles. The van der Waals surface area contributed by atoms with Crippen LogP contribution in [0.4, 0.5) is 20.6 Å². The maximum absolute atomic E-state index is 13.8. The molecule has 148 valence electrons.